The van der Waals surface area contributed by atoms with E-state index in [1.807, 2.05) is 0 Å². The first-order valence-electron chi connectivity index (χ1n) is 3.58. The van der Waals surface area contributed by atoms with Crippen molar-refractivity contribution in [3.05, 3.63) is 6.08 Å². The molecule has 0 spiro atoms. The lowest BCUT2D eigenvalue weighted by molar-refractivity contribution is -0.185. The molecule has 11 heavy (non-hydrogen) atoms. The number of hydrogen-bond acceptors (Lipinski definition) is 4. The average molecular weight is 157 g/mol. The van der Waals surface area contributed by atoms with Crippen molar-refractivity contribution >= 4 is 5.94 Å². The Balaban J connectivity index is 2.09. The zero-order valence-corrected chi connectivity index (χ0v) is 6.28. The molecule has 0 amide bonds. The van der Waals surface area contributed by atoms with Gasteiger partial charge in [0.25, 0.3) is 0 Å². The van der Waals surface area contributed by atoms with E-state index in [1.54, 1.807) is 11.0 Å². The minimum Gasteiger partial charge on any atom is -0.379 e. The molecule has 0 unspecified atom stereocenters. The lowest BCUT2D eigenvalue weighted by Gasteiger charge is -2.24. The van der Waals surface area contributed by atoms with E-state index in [2.05, 4.69) is 0 Å². The Morgan fingerprint density at radius 2 is 2.27 bits per heavy atom. The predicted octanol–water partition coefficient (Wildman–Crippen LogP) is -0.362. The molecular weight excluding hydrogens is 146 g/mol. The Morgan fingerprint density at radius 3 is 2.91 bits per heavy atom. The van der Waals surface area contributed by atoms with Crippen LogP contribution >= 0.6 is 0 Å². The molecule has 0 aromatic heterocycles. The molecule has 0 atom stereocenters. The number of hydroxylamine groups is 2. The summed E-state index contributed by atoms with van der Waals surface area (Å²) in [4.78, 5) is 14.9. The summed E-state index contributed by atoms with van der Waals surface area (Å²) in [5.74, 6) is 1.65. The summed E-state index contributed by atoms with van der Waals surface area (Å²) in [6.07, 6.45) is 1.31. The minimum atomic E-state index is 0.309. The smallest absolute Gasteiger partial charge is 0.122 e. The van der Waals surface area contributed by atoms with E-state index in [4.69, 9.17) is 9.57 Å². The Bertz CT molecular complexity index is 148. The van der Waals surface area contributed by atoms with Gasteiger partial charge in [-0.3, -0.25) is 4.84 Å². The fraction of sp³-hybridized carbons (Fsp3) is 0.714. The van der Waals surface area contributed by atoms with Gasteiger partial charge in [0.15, 0.2) is 0 Å². The molecular formula is C7H11NO3. The van der Waals surface area contributed by atoms with Gasteiger partial charge < -0.3 is 4.74 Å². The molecule has 0 saturated carbocycles. The Morgan fingerprint density at radius 1 is 1.55 bits per heavy atom. The fourth-order valence-corrected chi connectivity index (χ4v) is 0.852. The van der Waals surface area contributed by atoms with Crippen molar-refractivity contribution in [1.29, 1.82) is 0 Å². The van der Waals surface area contributed by atoms with E-state index < -0.39 is 0 Å². The SMILES string of the molecule is O=C=CCON1CCOCC1. The first-order chi connectivity index (χ1) is 5.43. The lowest BCUT2D eigenvalue weighted by Crippen LogP contribution is -2.36. The highest BCUT2D eigenvalue weighted by Crippen LogP contribution is 1.96. The Labute approximate surface area is 65.3 Å². The molecule has 0 radical (unpaired) electrons. The van der Waals surface area contributed by atoms with E-state index in [0.29, 0.717) is 19.8 Å². The van der Waals surface area contributed by atoms with E-state index in [1.165, 1.54) is 6.08 Å². The van der Waals surface area contributed by atoms with Crippen LogP contribution in [-0.4, -0.2) is 43.9 Å². The Kier molecular flexibility index (Phi) is 3.86. The van der Waals surface area contributed by atoms with E-state index in [-0.39, 0.29) is 0 Å². The van der Waals surface area contributed by atoms with E-state index in [0.717, 1.165) is 13.1 Å². The molecule has 1 aliphatic heterocycles. The summed E-state index contributed by atoms with van der Waals surface area (Å²) in [6, 6.07) is 0. The van der Waals surface area contributed by atoms with Crippen molar-refractivity contribution in [2.24, 2.45) is 0 Å². The molecule has 1 rings (SSSR count). The van der Waals surface area contributed by atoms with Gasteiger partial charge in [0, 0.05) is 19.2 Å². The van der Waals surface area contributed by atoms with Crippen LogP contribution in [0.5, 0.6) is 0 Å². The van der Waals surface area contributed by atoms with Crippen molar-refractivity contribution in [2.75, 3.05) is 32.9 Å². The predicted molar refractivity (Wildman–Crippen MR) is 38.6 cm³/mol. The van der Waals surface area contributed by atoms with Crippen molar-refractivity contribution in [1.82, 2.24) is 5.06 Å². The third-order valence-corrected chi connectivity index (χ3v) is 1.39. The highest BCUT2D eigenvalue weighted by molar-refractivity contribution is 5.44. The molecule has 0 aromatic carbocycles. The fourth-order valence-electron chi connectivity index (χ4n) is 0.852. The zero-order valence-electron chi connectivity index (χ0n) is 6.28. The van der Waals surface area contributed by atoms with Gasteiger partial charge in [0.05, 0.1) is 19.8 Å². The van der Waals surface area contributed by atoms with Crippen LogP contribution < -0.4 is 0 Å². The maximum absolute atomic E-state index is 9.74. The second-order valence-corrected chi connectivity index (χ2v) is 2.16. The minimum absolute atomic E-state index is 0.309. The molecule has 62 valence electrons. The van der Waals surface area contributed by atoms with Gasteiger partial charge in [-0.15, -0.1) is 0 Å². The molecule has 0 N–H and O–H groups in total. The second kappa shape index (κ2) is 5.04. The van der Waals surface area contributed by atoms with Gasteiger partial charge in [-0.2, -0.15) is 5.06 Å². The molecule has 1 saturated heterocycles. The van der Waals surface area contributed by atoms with Crippen LogP contribution in [0.25, 0.3) is 0 Å². The largest absolute Gasteiger partial charge is 0.379 e. The number of rotatable bonds is 3. The highest BCUT2D eigenvalue weighted by atomic mass is 16.7. The van der Waals surface area contributed by atoms with Crippen LogP contribution in [0, 0.1) is 0 Å². The van der Waals surface area contributed by atoms with Crippen LogP contribution in [0.2, 0.25) is 0 Å². The second-order valence-electron chi connectivity index (χ2n) is 2.16. The van der Waals surface area contributed by atoms with Crippen molar-refractivity contribution < 1.29 is 14.4 Å². The maximum atomic E-state index is 9.74. The molecule has 1 heterocycles. The number of nitrogens with zero attached hydrogens (tertiary/aromatic N) is 1. The van der Waals surface area contributed by atoms with Crippen LogP contribution in [-0.2, 0) is 14.4 Å². The standard InChI is InChI=1S/C7H11NO3/c9-4-1-5-11-8-2-6-10-7-3-8/h1H,2-3,5-7H2. The maximum Gasteiger partial charge on any atom is 0.122 e. The molecule has 1 aliphatic rings. The summed E-state index contributed by atoms with van der Waals surface area (Å²) in [6.45, 7) is 3.25. The summed E-state index contributed by atoms with van der Waals surface area (Å²) >= 11 is 0. The molecule has 0 aliphatic carbocycles. The summed E-state index contributed by atoms with van der Waals surface area (Å²) in [5.41, 5.74) is 0. The van der Waals surface area contributed by atoms with Crippen LogP contribution in [0.4, 0.5) is 0 Å². The molecule has 1 fully saturated rings. The molecule has 4 nitrogen and oxygen atoms in total. The third-order valence-electron chi connectivity index (χ3n) is 1.39. The molecule has 0 aromatic rings. The van der Waals surface area contributed by atoms with Gasteiger partial charge in [0.1, 0.15) is 5.94 Å². The summed E-state index contributed by atoms with van der Waals surface area (Å²) in [5, 5.41) is 1.79. The quantitative estimate of drug-likeness (QED) is 0.524. The first kappa shape index (κ1) is 8.43. The molecule has 4 heteroatoms. The van der Waals surface area contributed by atoms with Gasteiger partial charge in [-0.1, -0.05) is 0 Å². The monoisotopic (exact) mass is 157 g/mol. The molecule has 0 bridgehead atoms. The number of morpholine rings is 1. The number of carbonyl (C=O) groups excluding carboxylic acids is 1. The number of hydrogen-bond donors (Lipinski definition) is 0. The summed E-state index contributed by atoms with van der Waals surface area (Å²) < 4.78 is 5.10. The zero-order chi connectivity index (χ0) is 7.94. The normalized spacial score (nSPS) is 19.3. The average Bonchev–Trinajstić information content (AvgIpc) is 2.07. The highest BCUT2D eigenvalue weighted by Gasteiger charge is 2.08. The van der Waals surface area contributed by atoms with Gasteiger partial charge >= 0.3 is 0 Å². The van der Waals surface area contributed by atoms with Crippen LogP contribution in [0.1, 0.15) is 0 Å². The van der Waals surface area contributed by atoms with Gasteiger partial charge in [-0.25, -0.2) is 4.79 Å². The lowest BCUT2D eigenvalue weighted by atomic mass is 10.5. The van der Waals surface area contributed by atoms with E-state index in [9.17, 15) is 4.79 Å². The number of ether oxygens (including phenoxy) is 1. The van der Waals surface area contributed by atoms with Crippen LogP contribution in [0.15, 0.2) is 6.08 Å². The van der Waals surface area contributed by atoms with Crippen molar-refractivity contribution in [3.63, 3.8) is 0 Å². The van der Waals surface area contributed by atoms with E-state index >= 15 is 0 Å². The third kappa shape index (κ3) is 3.30. The summed E-state index contributed by atoms with van der Waals surface area (Å²) in [7, 11) is 0. The van der Waals surface area contributed by atoms with Gasteiger partial charge in [-0.05, 0) is 0 Å². The van der Waals surface area contributed by atoms with Crippen molar-refractivity contribution in [3.8, 4) is 0 Å². The van der Waals surface area contributed by atoms with Crippen LogP contribution in [0.3, 0.4) is 0 Å². The first-order valence-corrected chi connectivity index (χ1v) is 3.58. The van der Waals surface area contributed by atoms with Gasteiger partial charge in [0.2, 0.25) is 0 Å². The van der Waals surface area contributed by atoms with Crippen molar-refractivity contribution in [2.45, 2.75) is 0 Å². The Hall–Kier alpha value is -0.670. The topological polar surface area (TPSA) is 38.8 Å².